The summed E-state index contributed by atoms with van der Waals surface area (Å²) in [5.74, 6) is 0.0137. The minimum absolute atomic E-state index is 0.0575. The zero-order valence-electron chi connectivity index (χ0n) is 13.8. The van der Waals surface area contributed by atoms with Crippen LogP contribution in [0.1, 0.15) is 20.3 Å². The molecule has 0 spiro atoms. The number of amides is 2. The van der Waals surface area contributed by atoms with Crippen LogP contribution in [0.3, 0.4) is 0 Å². The Balaban J connectivity index is 1.97. The van der Waals surface area contributed by atoms with Crippen molar-refractivity contribution < 1.29 is 22.7 Å². The molecule has 1 aliphatic heterocycles. The number of hydrogen-bond donors (Lipinski definition) is 1. The van der Waals surface area contributed by atoms with Crippen LogP contribution in [-0.2, 0) is 19.4 Å². The van der Waals surface area contributed by atoms with Crippen LogP contribution in [0.4, 0.5) is 5.69 Å². The van der Waals surface area contributed by atoms with Crippen molar-refractivity contribution in [3.63, 3.8) is 0 Å². The number of benzene rings is 1. The molecule has 0 aromatic heterocycles. The lowest BCUT2D eigenvalue weighted by atomic mass is 10.2. The maximum absolute atomic E-state index is 12.2. The topological polar surface area (TPSA) is 92.8 Å². The van der Waals surface area contributed by atoms with Crippen LogP contribution < -0.4 is 10.1 Å². The summed E-state index contributed by atoms with van der Waals surface area (Å²) in [6, 6.07) is 6.47. The summed E-state index contributed by atoms with van der Waals surface area (Å²) in [7, 11) is -3.12. The highest BCUT2D eigenvalue weighted by atomic mass is 32.2. The highest BCUT2D eigenvalue weighted by Gasteiger charge is 2.34. The summed E-state index contributed by atoms with van der Waals surface area (Å²) in [4.78, 5) is 25.3. The van der Waals surface area contributed by atoms with Gasteiger partial charge in [0.2, 0.25) is 11.8 Å². The Labute approximate surface area is 141 Å². The average molecular weight is 354 g/mol. The number of hydrogen-bond acceptors (Lipinski definition) is 5. The second kappa shape index (κ2) is 7.65. The van der Waals surface area contributed by atoms with E-state index >= 15 is 0 Å². The van der Waals surface area contributed by atoms with Gasteiger partial charge >= 0.3 is 0 Å². The molecular formula is C16H22N2O5S. The van der Waals surface area contributed by atoms with Crippen LogP contribution in [0.5, 0.6) is 5.75 Å². The summed E-state index contributed by atoms with van der Waals surface area (Å²) in [5, 5.41) is 2.70. The predicted octanol–water partition coefficient (Wildman–Crippen LogP) is 1.06. The fourth-order valence-corrected chi connectivity index (χ4v) is 4.41. The van der Waals surface area contributed by atoms with E-state index in [1.54, 1.807) is 24.3 Å². The number of rotatable bonds is 6. The molecule has 1 aromatic rings. The molecule has 132 valence electrons. The Morgan fingerprint density at radius 2 is 1.96 bits per heavy atom. The fraction of sp³-hybridized carbons (Fsp3) is 0.500. The molecule has 7 nitrogen and oxygen atoms in total. The molecule has 2 amide bonds. The molecule has 1 N–H and O–H groups in total. The number of sulfone groups is 1. The molecule has 1 heterocycles. The average Bonchev–Trinajstić information content (AvgIpc) is 2.86. The third-order valence-corrected chi connectivity index (χ3v) is 5.57. The number of anilines is 1. The van der Waals surface area contributed by atoms with Crippen molar-refractivity contribution in [2.24, 2.45) is 0 Å². The number of nitrogens with one attached hydrogen (secondary N) is 1. The highest BCUT2D eigenvalue weighted by molar-refractivity contribution is 7.91. The van der Waals surface area contributed by atoms with Crippen LogP contribution in [-0.4, -0.2) is 55.8 Å². The van der Waals surface area contributed by atoms with Crippen molar-refractivity contribution in [3.05, 3.63) is 24.3 Å². The maximum atomic E-state index is 12.2. The first-order chi connectivity index (χ1) is 11.3. The van der Waals surface area contributed by atoms with Gasteiger partial charge in [-0.3, -0.25) is 9.59 Å². The zero-order valence-corrected chi connectivity index (χ0v) is 14.6. The van der Waals surface area contributed by atoms with E-state index < -0.39 is 15.9 Å². The molecule has 1 atom stereocenters. The normalized spacial score (nSPS) is 18.8. The van der Waals surface area contributed by atoms with Crippen molar-refractivity contribution in [1.29, 1.82) is 0 Å². The Morgan fingerprint density at radius 3 is 2.46 bits per heavy atom. The molecule has 0 saturated carbocycles. The van der Waals surface area contributed by atoms with E-state index in [0.29, 0.717) is 24.5 Å². The standard InChI is InChI=1S/C16H22N2O5S/c1-3-23-15-6-4-13(5-7-15)17-16(20)10-18(12(2)19)14-8-9-24(21,22)11-14/h4-7,14H,3,8-11H2,1-2H3,(H,17,20). The van der Waals surface area contributed by atoms with Crippen LogP contribution >= 0.6 is 0 Å². The number of carbonyl (C=O) groups excluding carboxylic acids is 2. The van der Waals surface area contributed by atoms with Crippen LogP contribution in [0, 0.1) is 0 Å². The first-order valence-electron chi connectivity index (χ1n) is 7.81. The van der Waals surface area contributed by atoms with Gasteiger partial charge in [0.15, 0.2) is 9.84 Å². The lowest BCUT2D eigenvalue weighted by Crippen LogP contribution is -2.44. The van der Waals surface area contributed by atoms with E-state index in [-0.39, 0.29) is 29.9 Å². The van der Waals surface area contributed by atoms with Crippen molar-refractivity contribution in [2.45, 2.75) is 26.3 Å². The smallest absolute Gasteiger partial charge is 0.244 e. The van der Waals surface area contributed by atoms with Gasteiger partial charge in [0.1, 0.15) is 12.3 Å². The van der Waals surface area contributed by atoms with Gasteiger partial charge < -0.3 is 15.0 Å². The SMILES string of the molecule is CCOc1ccc(NC(=O)CN(C(C)=O)C2CCS(=O)(=O)C2)cc1. The Bertz CT molecular complexity index is 700. The molecule has 0 radical (unpaired) electrons. The molecule has 1 aliphatic rings. The molecule has 0 bridgehead atoms. The van der Waals surface area contributed by atoms with E-state index in [4.69, 9.17) is 4.74 Å². The van der Waals surface area contributed by atoms with Gasteiger partial charge in [0.05, 0.1) is 18.1 Å². The summed E-state index contributed by atoms with van der Waals surface area (Å²) in [6.07, 6.45) is 0.373. The number of nitrogens with zero attached hydrogens (tertiary/aromatic N) is 1. The van der Waals surface area contributed by atoms with Gasteiger partial charge in [0.25, 0.3) is 0 Å². The first kappa shape index (κ1) is 18.3. The van der Waals surface area contributed by atoms with Gasteiger partial charge in [0, 0.05) is 18.7 Å². The fourth-order valence-electron chi connectivity index (χ4n) is 2.68. The monoisotopic (exact) mass is 354 g/mol. The Hall–Kier alpha value is -2.09. The van der Waals surface area contributed by atoms with Crippen molar-refractivity contribution in [2.75, 3.05) is 30.0 Å². The molecule has 2 rings (SSSR count). The molecule has 1 aromatic carbocycles. The second-order valence-electron chi connectivity index (χ2n) is 5.71. The minimum Gasteiger partial charge on any atom is -0.494 e. The molecule has 1 saturated heterocycles. The second-order valence-corrected chi connectivity index (χ2v) is 7.94. The van der Waals surface area contributed by atoms with Crippen LogP contribution in [0.15, 0.2) is 24.3 Å². The van der Waals surface area contributed by atoms with E-state index in [1.165, 1.54) is 11.8 Å². The summed E-state index contributed by atoms with van der Waals surface area (Å²) >= 11 is 0. The van der Waals surface area contributed by atoms with Crippen LogP contribution in [0.25, 0.3) is 0 Å². The van der Waals surface area contributed by atoms with Gasteiger partial charge in [-0.1, -0.05) is 0 Å². The van der Waals surface area contributed by atoms with Gasteiger partial charge in [-0.25, -0.2) is 8.42 Å². The highest BCUT2D eigenvalue weighted by Crippen LogP contribution is 2.19. The van der Waals surface area contributed by atoms with Gasteiger partial charge in [-0.05, 0) is 37.6 Å². The summed E-state index contributed by atoms with van der Waals surface area (Å²) < 4.78 is 28.5. The quantitative estimate of drug-likeness (QED) is 0.824. The Morgan fingerprint density at radius 1 is 1.29 bits per heavy atom. The van der Waals surface area contributed by atoms with Gasteiger partial charge in [-0.2, -0.15) is 0 Å². The van der Waals surface area contributed by atoms with Crippen molar-refractivity contribution in [1.82, 2.24) is 4.90 Å². The van der Waals surface area contributed by atoms with E-state index in [0.717, 1.165) is 0 Å². The Kier molecular flexibility index (Phi) is 5.82. The predicted molar refractivity (Wildman–Crippen MR) is 90.7 cm³/mol. The lowest BCUT2D eigenvalue weighted by molar-refractivity contribution is -0.134. The maximum Gasteiger partial charge on any atom is 0.244 e. The van der Waals surface area contributed by atoms with Crippen molar-refractivity contribution >= 4 is 27.3 Å². The van der Waals surface area contributed by atoms with E-state index in [1.807, 2.05) is 6.92 Å². The van der Waals surface area contributed by atoms with Crippen molar-refractivity contribution in [3.8, 4) is 5.75 Å². The molecule has 24 heavy (non-hydrogen) atoms. The molecule has 0 aliphatic carbocycles. The molecule has 1 fully saturated rings. The lowest BCUT2D eigenvalue weighted by Gasteiger charge is -2.26. The van der Waals surface area contributed by atoms with E-state index in [9.17, 15) is 18.0 Å². The molecular weight excluding hydrogens is 332 g/mol. The largest absolute Gasteiger partial charge is 0.494 e. The first-order valence-corrected chi connectivity index (χ1v) is 9.63. The zero-order chi connectivity index (χ0) is 17.7. The van der Waals surface area contributed by atoms with Gasteiger partial charge in [-0.15, -0.1) is 0 Å². The molecule has 8 heteroatoms. The number of carbonyl (C=O) groups is 2. The summed E-state index contributed by atoms with van der Waals surface area (Å²) in [5.41, 5.74) is 0.589. The third kappa shape index (κ3) is 4.95. The third-order valence-electron chi connectivity index (χ3n) is 3.82. The number of ether oxygens (including phenoxy) is 1. The van der Waals surface area contributed by atoms with E-state index in [2.05, 4.69) is 5.32 Å². The minimum atomic E-state index is -3.12. The van der Waals surface area contributed by atoms with Crippen LogP contribution in [0.2, 0.25) is 0 Å². The molecule has 1 unspecified atom stereocenters. The summed E-state index contributed by atoms with van der Waals surface area (Å²) in [6.45, 7) is 3.62.